The van der Waals surface area contributed by atoms with E-state index in [4.69, 9.17) is 19.7 Å². The van der Waals surface area contributed by atoms with Gasteiger partial charge in [-0.25, -0.2) is 0 Å². The van der Waals surface area contributed by atoms with Gasteiger partial charge in [0.2, 0.25) is 0 Å². The Bertz CT molecular complexity index is 392. The molecular formula is C11H13F3O4. The number of aliphatic hydroxyl groups excluding tert-OH is 2. The third kappa shape index (κ3) is 3.78. The van der Waals surface area contributed by atoms with Gasteiger partial charge >= 0.3 is 6.18 Å². The predicted octanol–water partition coefficient (Wildman–Crippen LogP) is 1.49. The van der Waals surface area contributed by atoms with Crippen molar-refractivity contribution in [1.29, 1.82) is 0 Å². The zero-order valence-corrected chi connectivity index (χ0v) is 9.57. The molecule has 0 aliphatic carbocycles. The number of aliphatic hydroxyl groups is 2. The molecule has 0 saturated carbocycles. The van der Waals surface area contributed by atoms with Gasteiger partial charge in [-0.2, -0.15) is 13.2 Å². The zero-order valence-electron chi connectivity index (χ0n) is 9.57. The van der Waals surface area contributed by atoms with Crippen molar-refractivity contribution in [2.45, 2.75) is 18.9 Å². The van der Waals surface area contributed by atoms with Crippen LogP contribution in [-0.2, 0) is 6.61 Å². The first-order valence-electron chi connectivity index (χ1n) is 5.04. The molecule has 1 unspecified atom stereocenters. The molecule has 0 spiro atoms. The fourth-order valence-electron chi connectivity index (χ4n) is 1.19. The van der Waals surface area contributed by atoms with Gasteiger partial charge in [0.15, 0.2) is 6.10 Å². The van der Waals surface area contributed by atoms with Crippen LogP contribution in [0.1, 0.15) is 5.56 Å². The molecule has 0 amide bonds. The van der Waals surface area contributed by atoms with Crippen LogP contribution in [0.25, 0.3) is 0 Å². The Balaban J connectivity index is 2.77. The number of alkyl halides is 3. The highest BCUT2D eigenvalue weighted by Crippen LogP contribution is 2.26. The molecular weight excluding hydrogens is 253 g/mol. The summed E-state index contributed by atoms with van der Waals surface area (Å²) in [5.74, 6) is 0.420. The van der Waals surface area contributed by atoms with Crippen LogP contribution in [0.3, 0.4) is 0 Å². The maximum absolute atomic E-state index is 12.1. The van der Waals surface area contributed by atoms with Gasteiger partial charge in [-0.1, -0.05) is 0 Å². The summed E-state index contributed by atoms with van der Waals surface area (Å²) >= 11 is 0. The largest absolute Gasteiger partial charge is 0.497 e. The molecule has 0 fully saturated rings. The molecule has 1 rings (SSSR count). The summed E-state index contributed by atoms with van der Waals surface area (Å²) in [7, 11) is 1.39. The van der Waals surface area contributed by atoms with Gasteiger partial charge in [0.05, 0.1) is 13.7 Å². The van der Waals surface area contributed by atoms with Crippen molar-refractivity contribution in [1.82, 2.24) is 0 Å². The average molecular weight is 266 g/mol. The fraction of sp³-hybridized carbons (Fsp3) is 0.455. The number of halogens is 3. The van der Waals surface area contributed by atoms with E-state index in [-0.39, 0.29) is 12.4 Å². The lowest BCUT2D eigenvalue weighted by Gasteiger charge is -2.17. The van der Waals surface area contributed by atoms with Crippen LogP contribution in [0.5, 0.6) is 11.5 Å². The van der Waals surface area contributed by atoms with Crippen molar-refractivity contribution in [3.8, 4) is 11.5 Å². The van der Waals surface area contributed by atoms with Crippen molar-refractivity contribution in [3.63, 3.8) is 0 Å². The molecule has 1 aromatic carbocycles. The maximum Gasteiger partial charge on any atom is 0.417 e. The second-order valence-electron chi connectivity index (χ2n) is 3.50. The number of rotatable bonds is 5. The molecule has 0 aliphatic heterocycles. The molecule has 1 atom stereocenters. The Morgan fingerprint density at radius 1 is 1.33 bits per heavy atom. The molecule has 7 heteroatoms. The average Bonchev–Trinajstić information content (AvgIpc) is 2.34. The van der Waals surface area contributed by atoms with E-state index >= 15 is 0 Å². The van der Waals surface area contributed by atoms with E-state index in [0.717, 1.165) is 0 Å². The fourth-order valence-corrected chi connectivity index (χ4v) is 1.19. The van der Waals surface area contributed by atoms with Crippen LogP contribution in [0.15, 0.2) is 18.2 Å². The van der Waals surface area contributed by atoms with E-state index in [1.165, 1.54) is 19.2 Å². The van der Waals surface area contributed by atoms with Gasteiger partial charge < -0.3 is 19.7 Å². The molecule has 0 aromatic heterocycles. The molecule has 4 nitrogen and oxygen atoms in total. The first-order valence-corrected chi connectivity index (χ1v) is 5.04. The van der Waals surface area contributed by atoms with E-state index in [1.807, 2.05) is 0 Å². The molecule has 102 valence electrons. The Hall–Kier alpha value is -1.47. The first kappa shape index (κ1) is 14.6. The molecule has 0 bridgehead atoms. The smallest absolute Gasteiger partial charge is 0.417 e. The van der Waals surface area contributed by atoms with Gasteiger partial charge in [0, 0.05) is 11.6 Å². The van der Waals surface area contributed by atoms with Crippen LogP contribution < -0.4 is 9.47 Å². The van der Waals surface area contributed by atoms with Crippen LogP contribution in [0.2, 0.25) is 0 Å². The highest BCUT2D eigenvalue weighted by molar-refractivity contribution is 5.40. The summed E-state index contributed by atoms with van der Waals surface area (Å²) in [6.45, 7) is -1.33. The van der Waals surface area contributed by atoms with Crippen molar-refractivity contribution in [2.75, 3.05) is 13.7 Å². The summed E-state index contributed by atoms with van der Waals surface area (Å²) in [6, 6.07) is 4.35. The third-order valence-corrected chi connectivity index (χ3v) is 2.22. The van der Waals surface area contributed by atoms with Crippen molar-refractivity contribution in [3.05, 3.63) is 23.8 Å². The molecule has 0 saturated heterocycles. The van der Waals surface area contributed by atoms with Crippen molar-refractivity contribution in [2.24, 2.45) is 0 Å². The first-order chi connectivity index (χ1) is 8.38. The standard InChI is InChI=1S/C11H13F3O4/c1-17-8-3-2-7(5-15)9(4-8)18-6-10(16)11(12,13)14/h2-4,10,15-16H,5-6H2,1H3. The number of benzene rings is 1. The summed E-state index contributed by atoms with van der Waals surface area (Å²) in [4.78, 5) is 0. The lowest BCUT2D eigenvalue weighted by Crippen LogP contribution is -2.34. The number of hydrogen-bond donors (Lipinski definition) is 2. The van der Waals surface area contributed by atoms with Gasteiger partial charge in [-0.3, -0.25) is 0 Å². The monoisotopic (exact) mass is 266 g/mol. The van der Waals surface area contributed by atoms with Gasteiger partial charge in [0.25, 0.3) is 0 Å². The lowest BCUT2D eigenvalue weighted by atomic mass is 10.2. The minimum atomic E-state index is -4.74. The molecule has 2 N–H and O–H groups in total. The Kier molecular flexibility index (Phi) is 4.80. The number of hydrogen-bond acceptors (Lipinski definition) is 4. The summed E-state index contributed by atoms with van der Waals surface area (Å²) in [5, 5.41) is 17.8. The number of ether oxygens (including phenoxy) is 2. The maximum atomic E-state index is 12.1. The minimum absolute atomic E-state index is 0.0418. The van der Waals surface area contributed by atoms with Crippen LogP contribution in [0, 0.1) is 0 Å². The molecule has 18 heavy (non-hydrogen) atoms. The minimum Gasteiger partial charge on any atom is -0.497 e. The normalized spacial score (nSPS) is 13.2. The van der Waals surface area contributed by atoms with Crippen LogP contribution in [0.4, 0.5) is 13.2 Å². The van der Waals surface area contributed by atoms with Gasteiger partial charge in [-0.05, 0) is 12.1 Å². The van der Waals surface area contributed by atoms with E-state index in [0.29, 0.717) is 11.3 Å². The molecule has 0 radical (unpaired) electrons. The summed E-state index contributed by atoms with van der Waals surface area (Å²) in [5.41, 5.74) is 0.310. The van der Waals surface area contributed by atoms with Gasteiger partial charge in [-0.15, -0.1) is 0 Å². The second kappa shape index (κ2) is 5.92. The molecule has 1 aromatic rings. The van der Waals surface area contributed by atoms with E-state index in [9.17, 15) is 13.2 Å². The Morgan fingerprint density at radius 3 is 2.50 bits per heavy atom. The predicted molar refractivity (Wildman–Crippen MR) is 56.5 cm³/mol. The topological polar surface area (TPSA) is 58.9 Å². The second-order valence-corrected chi connectivity index (χ2v) is 3.50. The lowest BCUT2D eigenvalue weighted by molar-refractivity contribution is -0.210. The third-order valence-electron chi connectivity index (χ3n) is 2.22. The highest BCUT2D eigenvalue weighted by Gasteiger charge is 2.38. The van der Waals surface area contributed by atoms with E-state index in [2.05, 4.69) is 0 Å². The summed E-state index contributed by atoms with van der Waals surface area (Å²) in [6.07, 6.45) is -7.31. The van der Waals surface area contributed by atoms with Crippen LogP contribution >= 0.6 is 0 Å². The van der Waals surface area contributed by atoms with E-state index in [1.54, 1.807) is 6.07 Å². The molecule has 0 heterocycles. The van der Waals surface area contributed by atoms with Crippen molar-refractivity contribution >= 4 is 0 Å². The highest BCUT2D eigenvalue weighted by atomic mass is 19.4. The Labute approximate surface area is 102 Å². The SMILES string of the molecule is COc1ccc(CO)c(OCC(O)C(F)(F)F)c1. The number of methoxy groups -OCH3 is 1. The zero-order chi connectivity index (χ0) is 13.8. The summed E-state index contributed by atoms with van der Waals surface area (Å²) < 4.78 is 46.0. The van der Waals surface area contributed by atoms with Crippen molar-refractivity contribution < 1.29 is 32.9 Å². The van der Waals surface area contributed by atoms with E-state index < -0.39 is 18.9 Å². The van der Waals surface area contributed by atoms with Crippen LogP contribution in [-0.4, -0.2) is 36.2 Å². The Morgan fingerprint density at radius 2 is 2.00 bits per heavy atom. The quantitative estimate of drug-likeness (QED) is 0.847. The molecule has 0 aliphatic rings. The van der Waals surface area contributed by atoms with Gasteiger partial charge in [0.1, 0.15) is 18.1 Å².